The lowest BCUT2D eigenvalue weighted by atomic mass is 10.00. The van der Waals surface area contributed by atoms with Gasteiger partial charge in [0, 0.05) is 25.6 Å². The number of benzene rings is 1. The number of hydrogen-bond donors (Lipinski definition) is 0. The van der Waals surface area contributed by atoms with Crippen molar-refractivity contribution >= 4 is 11.8 Å². The van der Waals surface area contributed by atoms with E-state index in [0.717, 1.165) is 25.8 Å². The Kier molecular flexibility index (Phi) is 5.15. The first-order chi connectivity index (χ1) is 13.5. The zero-order chi connectivity index (χ0) is 19.7. The van der Waals surface area contributed by atoms with Gasteiger partial charge in [-0.1, -0.05) is 43.3 Å². The van der Waals surface area contributed by atoms with E-state index in [1.54, 1.807) is 10.9 Å². The zero-order valence-electron chi connectivity index (χ0n) is 16.5. The molecule has 0 aliphatic carbocycles. The third kappa shape index (κ3) is 3.66. The molecule has 1 aromatic heterocycles. The Morgan fingerprint density at radius 1 is 1.18 bits per heavy atom. The summed E-state index contributed by atoms with van der Waals surface area (Å²) >= 11 is 0. The van der Waals surface area contributed by atoms with E-state index in [-0.39, 0.29) is 23.8 Å². The second-order valence-corrected chi connectivity index (χ2v) is 8.05. The molecule has 0 N–H and O–H groups in total. The first-order valence-corrected chi connectivity index (χ1v) is 10.1. The fourth-order valence-electron chi connectivity index (χ4n) is 4.18. The SMILES string of the molecule is CC(C)C(=O)N1CCC[C@H]1Cn1cc(C(=O)N2CCc3ccccc3C2)nn1. The number of aromatic nitrogens is 3. The third-order valence-corrected chi connectivity index (χ3v) is 5.73. The van der Waals surface area contributed by atoms with Gasteiger partial charge in [0.25, 0.3) is 5.91 Å². The van der Waals surface area contributed by atoms with Crippen molar-refractivity contribution in [2.24, 2.45) is 5.92 Å². The van der Waals surface area contributed by atoms with Crippen molar-refractivity contribution in [2.75, 3.05) is 13.1 Å². The van der Waals surface area contributed by atoms with Crippen molar-refractivity contribution in [3.63, 3.8) is 0 Å². The van der Waals surface area contributed by atoms with Crippen LogP contribution in [0.25, 0.3) is 0 Å². The van der Waals surface area contributed by atoms with Gasteiger partial charge in [-0.05, 0) is 30.4 Å². The van der Waals surface area contributed by atoms with E-state index in [1.807, 2.05) is 35.8 Å². The summed E-state index contributed by atoms with van der Waals surface area (Å²) in [6.07, 6.45) is 4.56. The first kappa shape index (κ1) is 18.7. The van der Waals surface area contributed by atoms with Crippen molar-refractivity contribution in [1.29, 1.82) is 0 Å². The van der Waals surface area contributed by atoms with Gasteiger partial charge in [0.2, 0.25) is 5.91 Å². The van der Waals surface area contributed by atoms with E-state index in [1.165, 1.54) is 11.1 Å². The quantitative estimate of drug-likeness (QED) is 0.813. The molecule has 2 amide bonds. The largest absolute Gasteiger partial charge is 0.338 e. The highest BCUT2D eigenvalue weighted by molar-refractivity contribution is 5.92. The summed E-state index contributed by atoms with van der Waals surface area (Å²) in [5, 5.41) is 8.27. The van der Waals surface area contributed by atoms with Gasteiger partial charge in [-0.3, -0.25) is 9.59 Å². The van der Waals surface area contributed by atoms with E-state index in [9.17, 15) is 9.59 Å². The number of carbonyl (C=O) groups is 2. The minimum absolute atomic E-state index is 0.00420. The lowest BCUT2D eigenvalue weighted by Gasteiger charge is -2.28. The molecule has 3 heterocycles. The smallest absolute Gasteiger partial charge is 0.276 e. The molecule has 0 radical (unpaired) electrons. The van der Waals surface area contributed by atoms with Crippen molar-refractivity contribution in [2.45, 2.75) is 52.2 Å². The van der Waals surface area contributed by atoms with Crippen LogP contribution in [0.2, 0.25) is 0 Å². The Labute approximate surface area is 165 Å². The highest BCUT2D eigenvalue weighted by Gasteiger charge is 2.31. The van der Waals surface area contributed by atoms with E-state index in [4.69, 9.17) is 0 Å². The number of fused-ring (bicyclic) bond motifs is 1. The monoisotopic (exact) mass is 381 g/mol. The van der Waals surface area contributed by atoms with Gasteiger partial charge in [-0.2, -0.15) is 0 Å². The number of rotatable bonds is 4. The molecule has 7 heteroatoms. The van der Waals surface area contributed by atoms with Crippen LogP contribution in [0.4, 0.5) is 0 Å². The van der Waals surface area contributed by atoms with E-state index in [2.05, 4.69) is 22.4 Å². The summed E-state index contributed by atoms with van der Waals surface area (Å²) in [5.41, 5.74) is 2.88. The van der Waals surface area contributed by atoms with E-state index in [0.29, 0.717) is 25.3 Å². The van der Waals surface area contributed by atoms with E-state index >= 15 is 0 Å². The molecule has 0 saturated carbocycles. The Morgan fingerprint density at radius 2 is 1.96 bits per heavy atom. The van der Waals surface area contributed by atoms with Gasteiger partial charge in [-0.15, -0.1) is 5.10 Å². The van der Waals surface area contributed by atoms with Crippen LogP contribution in [0, 0.1) is 5.92 Å². The van der Waals surface area contributed by atoms with Crippen LogP contribution < -0.4 is 0 Å². The second kappa shape index (κ2) is 7.73. The Bertz CT molecular complexity index is 875. The summed E-state index contributed by atoms with van der Waals surface area (Å²) in [7, 11) is 0. The summed E-state index contributed by atoms with van der Waals surface area (Å²) < 4.78 is 1.71. The number of nitrogens with zero attached hydrogens (tertiary/aromatic N) is 5. The fourth-order valence-corrected chi connectivity index (χ4v) is 4.18. The number of carbonyl (C=O) groups excluding carboxylic acids is 2. The molecule has 1 saturated heterocycles. The molecular formula is C21H27N5O2. The highest BCUT2D eigenvalue weighted by atomic mass is 16.2. The summed E-state index contributed by atoms with van der Waals surface area (Å²) in [6.45, 7) is 6.56. The van der Waals surface area contributed by atoms with Gasteiger partial charge in [0.15, 0.2) is 5.69 Å². The van der Waals surface area contributed by atoms with Gasteiger partial charge < -0.3 is 9.80 Å². The Morgan fingerprint density at radius 3 is 2.75 bits per heavy atom. The molecule has 2 aliphatic heterocycles. The van der Waals surface area contributed by atoms with Crippen molar-refractivity contribution < 1.29 is 9.59 Å². The molecule has 1 atom stereocenters. The molecule has 0 spiro atoms. The maximum absolute atomic E-state index is 12.9. The Hall–Kier alpha value is -2.70. The first-order valence-electron chi connectivity index (χ1n) is 10.1. The summed E-state index contributed by atoms with van der Waals surface area (Å²) in [6, 6.07) is 8.37. The zero-order valence-corrected chi connectivity index (χ0v) is 16.5. The molecule has 0 unspecified atom stereocenters. The number of hydrogen-bond acceptors (Lipinski definition) is 4. The Balaban J connectivity index is 1.42. The summed E-state index contributed by atoms with van der Waals surface area (Å²) in [4.78, 5) is 29.0. The molecule has 7 nitrogen and oxygen atoms in total. The predicted octanol–water partition coefficient (Wildman–Crippen LogP) is 2.12. The molecule has 1 fully saturated rings. The van der Waals surface area contributed by atoms with Crippen LogP contribution >= 0.6 is 0 Å². The molecular weight excluding hydrogens is 354 g/mol. The number of likely N-dealkylation sites (tertiary alicyclic amines) is 1. The topological polar surface area (TPSA) is 71.3 Å². The predicted molar refractivity (Wildman–Crippen MR) is 104 cm³/mol. The second-order valence-electron chi connectivity index (χ2n) is 8.05. The van der Waals surface area contributed by atoms with Crippen LogP contribution in [-0.2, 0) is 24.3 Å². The maximum Gasteiger partial charge on any atom is 0.276 e. The molecule has 4 rings (SSSR count). The molecule has 0 bridgehead atoms. The van der Waals surface area contributed by atoms with Gasteiger partial charge >= 0.3 is 0 Å². The fraction of sp³-hybridized carbons (Fsp3) is 0.524. The maximum atomic E-state index is 12.9. The number of amides is 2. The minimum Gasteiger partial charge on any atom is -0.338 e. The highest BCUT2D eigenvalue weighted by Crippen LogP contribution is 2.22. The lowest BCUT2D eigenvalue weighted by molar-refractivity contribution is -0.135. The standard InChI is InChI=1S/C21H27N5O2/c1-15(2)20(27)26-10-5-8-18(26)13-25-14-19(22-23-25)21(28)24-11-9-16-6-3-4-7-17(16)12-24/h3-4,6-7,14-15,18H,5,8-13H2,1-2H3/t18-/m0/s1. The third-order valence-electron chi connectivity index (χ3n) is 5.73. The normalized spacial score (nSPS) is 19.2. The molecule has 2 aliphatic rings. The molecule has 1 aromatic carbocycles. The van der Waals surface area contributed by atoms with Crippen molar-refractivity contribution in [1.82, 2.24) is 24.8 Å². The van der Waals surface area contributed by atoms with Gasteiger partial charge in [-0.25, -0.2) is 4.68 Å². The van der Waals surface area contributed by atoms with E-state index < -0.39 is 0 Å². The van der Waals surface area contributed by atoms with Crippen LogP contribution in [0.1, 0.15) is 48.3 Å². The van der Waals surface area contributed by atoms with Crippen LogP contribution in [-0.4, -0.2) is 55.7 Å². The lowest BCUT2D eigenvalue weighted by Crippen LogP contribution is -2.40. The minimum atomic E-state index is -0.0812. The summed E-state index contributed by atoms with van der Waals surface area (Å²) in [5.74, 6) is 0.101. The average Bonchev–Trinajstić information content (AvgIpc) is 3.36. The van der Waals surface area contributed by atoms with Crippen LogP contribution in [0.5, 0.6) is 0 Å². The van der Waals surface area contributed by atoms with Crippen molar-refractivity contribution in [3.8, 4) is 0 Å². The molecule has 148 valence electrons. The molecule has 2 aromatic rings. The van der Waals surface area contributed by atoms with Crippen LogP contribution in [0.3, 0.4) is 0 Å². The van der Waals surface area contributed by atoms with Crippen molar-refractivity contribution in [3.05, 3.63) is 47.3 Å². The van der Waals surface area contributed by atoms with Gasteiger partial charge in [0.05, 0.1) is 18.8 Å². The molecule has 28 heavy (non-hydrogen) atoms. The average molecular weight is 381 g/mol. The van der Waals surface area contributed by atoms with Gasteiger partial charge in [0.1, 0.15) is 0 Å². The van der Waals surface area contributed by atoms with Crippen LogP contribution in [0.15, 0.2) is 30.5 Å².